The fourth-order valence-electron chi connectivity index (χ4n) is 1.18. The van der Waals surface area contributed by atoms with Crippen molar-refractivity contribution in [2.75, 3.05) is 0 Å². The van der Waals surface area contributed by atoms with Gasteiger partial charge in [-0.25, -0.2) is 12.2 Å². The van der Waals surface area contributed by atoms with Crippen molar-refractivity contribution >= 4 is 0 Å². The third-order valence-corrected chi connectivity index (χ3v) is 1.99. The van der Waals surface area contributed by atoms with E-state index in [1.807, 2.05) is 70.3 Å². The summed E-state index contributed by atoms with van der Waals surface area (Å²) in [5.41, 5.74) is 0. The number of allylic oxidation sites excluding steroid dienone is 1. The van der Waals surface area contributed by atoms with Crippen molar-refractivity contribution in [2.45, 2.75) is 12.8 Å². The van der Waals surface area contributed by atoms with E-state index in [-0.39, 0.29) is 26.2 Å². The van der Waals surface area contributed by atoms with Crippen molar-refractivity contribution in [3.8, 4) is 0 Å². The molecule has 0 aromatic carbocycles. The second-order valence-electron chi connectivity index (χ2n) is 3.36. The summed E-state index contributed by atoms with van der Waals surface area (Å²) in [6, 6.07) is 0. The maximum Gasteiger partial charge on any atom is 0 e. The first kappa shape index (κ1) is 17.5. The molecule has 0 aromatic rings. The molecule has 2 fully saturated rings. The van der Waals surface area contributed by atoms with E-state index in [0.717, 1.165) is 12.8 Å². The summed E-state index contributed by atoms with van der Waals surface area (Å²) >= 11 is 0. The molecule has 0 heterocycles. The molecular formula is C15H17OZr-. The molecular weight excluding hydrogens is 287 g/mol. The van der Waals surface area contributed by atoms with E-state index < -0.39 is 0 Å². The molecule has 10 radical (unpaired) electrons. The van der Waals surface area contributed by atoms with Crippen LogP contribution in [0.3, 0.4) is 0 Å². The van der Waals surface area contributed by atoms with Gasteiger partial charge < -0.3 is 5.11 Å². The van der Waals surface area contributed by atoms with Gasteiger partial charge in [0.1, 0.15) is 0 Å². The average molecular weight is 305 g/mol. The van der Waals surface area contributed by atoms with Crippen molar-refractivity contribution in [3.05, 3.63) is 82.5 Å². The summed E-state index contributed by atoms with van der Waals surface area (Å²) in [6.45, 7) is 0. The molecule has 1 N–H and O–H groups in total. The van der Waals surface area contributed by atoms with E-state index in [1.165, 1.54) is 0 Å². The van der Waals surface area contributed by atoms with E-state index in [9.17, 15) is 0 Å². The monoisotopic (exact) mass is 303 g/mol. The molecule has 3 aliphatic carbocycles. The summed E-state index contributed by atoms with van der Waals surface area (Å²) in [4.78, 5) is 0. The number of hydrogen-bond acceptors (Lipinski definition) is 1. The van der Waals surface area contributed by atoms with Gasteiger partial charge in [-0.1, -0.05) is 6.42 Å². The second kappa shape index (κ2) is 12.9. The van der Waals surface area contributed by atoms with Crippen LogP contribution in [-0.4, -0.2) is 5.11 Å². The van der Waals surface area contributed by atoms with Crippen LogP contribution in [0.15, 0.2) is 12.2 Å². The minimum absolute atomic E-state index is 0. The molecule has 17 heavy (non-hydrogen) atoms. The molecule has 2 heteroatoms. The molecule has 0 saturated heterocycles. The topological polar surface area (TPSA) is 20.2 Å². The molecule has 0 bridgehead atoms. The van der Waals surface area contributed by atoms with Crippen molar-refractivity contribution in [3.63, 3.8) is 0 Å². The van der Waals surface area contributed by atoms with Gasteiger partial charge in [0.05, 0.1) is 0 Å². The number of aliphatic hydroxyl groups is 1. The van der Waals surface area contributed by atoms with E-state index in [4.69, 9.17) is 5.11 Å². The molecule has 3 rings (SSSR count). The fraction of sp³-hybridized carbons (Fsp3) is 0.133. The Kier molecular flexibility index (Phi) is 13.2. The zero-order valence-corrected chi connectivity index (χ0v) is 12.2. The molecule has 0 amide bonds. The normalized spacial score (nSPS) is 21.1. The Morgan fingerprint density at radius 1 is 0.706 bits per heavy atom. The molecule has 0 aromatic heterocycles. The Bertz CT molecular complexity index is 147. The van der Waals surface area contributed by atoms with Gasteiger partial charge in [-0.2, -0.15) is 0 Å². The van der Waals surface area contributed by atoms with Crippen molar-refractivity contribution in [1.82, 2.24) is 0 Å². The maximum atomic E-state index is 8.56. The van der Waals surface area contributed by atoms with Gasteiger partial charge in [0.15, 0.2) is 0 Å². The van der Waals surface area contributed by atoms with Gasteiger partial charge in [-0.3, -0.25) is 0 Å². The first-order chi connectivity index (χ1) is 7.89. The predicted octanol–water partition coefficient (Wildman–Crippen LogP) is 3.28. The molecule has 3 aliphatic rings. The van der Waals surface area contributed by atoms with Crippen molar-refractivity contribution in [1.29, 1.82) is 0 Å². The van der Waals surface area contributed by atoms with Crippen LogP contribution in [0.25, 0.3) is 0 Å². The standard InChI is InChI=1S/C5H7O.2C5H5.Zr/c6-5-3-1-2-4-5;2*1-2-4-5-3-1;/h1,3,6H,2,4H2;2*1-5H;/q-1;;;. The zero-order chi connectivity index (χ0) is 11.5. The molecule has 0 spiro atoms. The van der Waals surface area contributed by atoms with Crippen LogP contribution >= 0.6 is 0 Å². The van der Waals surface area contributed by atoms with Gasteiger partial charge in [-0.15, -0.1) is 12.5 Å². The summed E-state index contributed by atoms with van der Waals surface area (Å²) in [5.74, 6) is 0. The Morgan fingerprint density at radius 3 is 1.18 bits per heavy atom. The molecule has 0 atom stereocenters. The van der Waals surface area contributed by atoms with Crippen LogP contribution in [0, 0.1) is 70.3 Å². The van der Waals surface area contributed by atoms with Gasteiger partial charge in [0.2, 0.25) is 0 Å². The summed E-state index contributed by atoms with van der Waals surface area (Å²) in [7, 11) is 0. The summed E-state index contributed by atoms with van der Waals surface area (Å²) in [5, 5.41) is 8.56. The maximum absolute atomic E-state index is 8.56. The van der Waals surface area contributed by atoms with E-state index in [0.29, 0.717) is 6.10 Å². The first-order valence-electron chi connectivity index (χ1n) is 5.44. The van der Waals surface area contributed by atoms with E-state index >= 15 is 0 Å². The van der Waals surface area contributed by atoms with Crippen LogP contribution < -0.4 is 0 Å². The summed E-state index contributed by atoms with van der Waals surface area (Å²) < 4.78 is 0. The van der Waals surface area contributed by atoms with Crippen molar-refractivity contribution in [2.24, 2.45) is 0 Å². The Hall–Kier alpha value is 0.453. The molecule has 0 aliphatic heterocycles. The van der Waals surface area contributed by atoms with E-state index in [2.05, 4.69) is 0 Å². The zero-order valence-electron chi connectivity index (χ0n) is 9.79. The van der Waals surface area contributed by atoms with Crippen LogP contribution in [0.4, 0.5) is 0 Å². The molecule has 1 nitrogen and oxygen atoms in total. The van der Waals surface area contributed by atoms with E-state index in [1.54, 1.807) is 6.08 Å². The number of aliphatic hydroxyl groups excluding tert-OH is 1. The Labute approximate surface area is 126 Å². The van der Waals surface area contributed by atoms with Gasteiger partial charge >= 0.3 is 0 Å². The summed E-state index contributed by atoms with van der Waals surface area (Å²) in [6.07, 6.45) is 26.1. The number of hydrogen-bond donors (Lipinski definition) is 1. The predicted molar refractivity (Wildman–Crippen MR) is 66.6 cm³/mol. The largest absolute Gasteiger partial charge is 0.455 e. The van der Waals surface area contributed by atoms with Crippen LogP contribution in [-0.2, 0) is 26.2 Å². The second-order valence-corrected chi connectivity index (χ2v) is 3.36. The minimum atomic E-state index is 0. The van der Waals surface area contributed by atoms with Crippen LogP contribution in [0.5, 0.6) is 0 Å². The van der Waals surface area contributed by atoms with Gasteiger partial charge in [0, 0.05) is 26.2 Å². The number of rotatable bonds is 0. The van der Waals surface area contributed by atoms with Crippen LogP contribution in [0.2, 0.25) is 0 Å². The minimum Gasteiger partial charge on any atom is -0.455 e. The molecule has 2 saturated carbocycles. The first-order valence-corrected chi connectivity index (χ1v) is 5.44. The third kappa shape index (κ3) is 11.3. The third-order valence-electron chi connectivity index (χ3n) is 1.99. The molecule has 0 unspecified atom stereocenters. The fourth-order valence-corrected chi connectivity index (χ4v) is 1.18. The van der Waals surface area contributed by atoms with Crippen LogP contribution in [0.1, 0.15) is 12.8 Å². The van der Waals surface area contributed by atoms with Crippen molar-refractivity contribution < 1.29 is 31.3 Å². The van der Waals surface area contributed by atoms with Gasteiger partial charge in [0.25, 0.3) is 0 Å². The average Bonchev–Trinajstić information content (AvgIpc) is 3.07. The quantitative estimate of drug-likeness (QED) is 0.681. The Morgan fingerprint density at radius 2 is 1.06 bits per heavy atom. The smallest absolute Gasteiger partial charge is 0 e. The molecule has 88 valence electrons. The SMILES string of the molecule is O[C-]1C=CCC1.[CH]1[CH][CH][CH][CH]1.[CH]1[CH][CH][CH][CH]1.[Zr]. The Balaban J connectivity index is 0.000000221. The van der Waals surface area contributed by atoms with Gasteiger partial charge in [-0.05, 0) is 64.2 Å².